The summed E-state index contributed by atoms with van der Waals surface area (Å²) in [5.74, 6) is 1.08. The molecule has 0 saturated carbocycles. The number of nitrogens with two attached hydrogens (primary N) is 1. The summed E-state index contributed by atoms with van der Waals surface area (Å²) >= 11 is 0. The van der Waals surface area contributed by atoms with Crippen LogP contribution in [0.15, 0.2) is 18.2 Å². The molecule has 3 N–H and O–H groups in total. The van der Waals surface area contributed by atoms with E-state index in [2.05, 4.69) is 5.92 Å². The minimum Gasteiger partial charge on any atom is -0.478 e. The SMILES string of the molecule is C#CCC(N)C(=O)N1CCc2ccc(C(=O)O)cc21. The molecule has 1 amide bonds. The molecule has 1 aliphatic rings. The van der Waals surface area contributed by atoms with Crippen LogP contribution in [0.3, 0.4) is 0 Å². The molecule has 0 aromatic heterocycles. The number of anilines is 1. The van der Waals surface area contributed by atoms with Gasteiger partial charge in [0.1, 0.15) is 0 Å². The van der Waals surface area contributed by atoms with Crippen molar-refractivity contribution in [3.8, 4) is 12.3 Å². The molecular formula is C14H14N2O3. The van der Waals surface area contributed by atoms with Crippen LogP contribution in [0.2, 0.25) is 0 Å². The molecule has 19 heavy (non-hydrogen) atoms. The van der Waals surface area contributed by atoms with E-state index in [0.717, 1.165) is 5.56 Å². The highest BCUT2D eigenvalue weighted by atomic mass is 16.4. The number of hydrogen-bond donors (Lipinski definition) is 2. The van der Waals surface area contributed by atoms with Crippen LogP contribution in [0.4, 0.5) is 5.69 Å². The Bertz CT molecular complexity index is 575. The molecule has 1 aromatic rings. The Morgan fingerprint density at radius 1 is 1.53 bits per heavy atom. The Morgan fingerprint density at radius 2 is 2.26 bits per heavy atom. The van der Waals surface area contributed by atoms with Crippen LogP contribution in [0.25, 0.3) is 0 Å². The van der Waals surface area contributed by atoms with Crippen molar-refractivity contribution in [2.24, 2.45) is 5.73 Å². The molecule has 2 rings (SSSR count). The monoisotopic (exact) mass is 258 g/mol. The van der Waals surface area contributed by atoms with Gasteiger partial charge in [-0.3, -0.25) is 4.79 Å². The van der Waals surface area contributed by atoms with Gasteiger partial charge in [0.25, 0.3) is 0 Å². The van der Waals surface area contributed by atoms with Gasteiger partial charge in [0.2, 0.25) is 5.91 Å². The maximum atomic E-state index is 12.1. The Balaban J connectivity index is 2.30. The van der Waals surface area contributed by atoms with Crippen LogP contribution in [0, 0.1) is 12.3 Å². The van der Waals surface area contributed by atoms with Crippen LogP contribution >= 0.6 is 0 Å². The summed E-state index contributed by atoms with van der Waals surface area (Å²) in [7, 11) is 0. The molecule has 1 atom stereocenters. The highest BCUT2D eigenvalue weighted by molar-refractivity contribution is 6.00. The molecule has 1 aliphatic heterocycles. The Morgan fingerprint density at radius 3 is 2.89 bits per heavy atom. The number of carboxylic acid groups (broad SMARTS) is 1. The van der Waals surface area contributed by atoms with Crippen LogP contribution in [-0.4, -0.2) is 29.6 Å². The number of carboxylic acids is 1. The molecule has 0 bridgehead atoms. The molecule has 1 unspecified atom stereocenters. The summed E-state index contributed by atoms with van der Waals surface area (Å²) in [4.78, 5) is 24.6. The number of hydrogen-bond acceptors (Lipinski definition) is 3. The number of benzene rings is 1. The average molecular weight is 258 g/mol. The fraction of sp³-hybridized carbons (Fsp3) is 0.286. The summed E-state index contributed by atoms with van der Waals surface area (Å²) in [5.41, 5.74) is 7.44. The van der Waals surface area contributed by atoms with E-state index >= 15 is 0 Å². The van der Waals surface area contributed by atoms with Gasteiger partial charge in [0, 0.05) is 18.7 Å². The van der Waals surface area contributed by atoms with Crippen molar-refractivity contribution in [3.63, 3.8) is 0 Å². The summed E-state index contributed by atoms with van der Waals surface area (Å²) in [6.07, 6.45) is 6.01. The van der Waals surface area contributed by atoms with E-state index < -0.39 is 12.0 Å². The van der Waals surface area contributed by atoms with Gasteiger partial charge >= 0.3 is 5.97 Å². The fourth-order valence-corrected chi connectivity index (χ4v) is 2.16. The molecule has 5 nitrogen and oxygen atoms in total. The van der Waals surface area contributed by atoms with E-state index in [9.17, 15) is 9.59 Å². The zero-order valence-electron chi connectivity index (χ0n) is 10.3. The summed E-state index contributed by atoms with van der Waals surface area (Å²) in [6.45, 7) is 0.509. The quantitative estimate of drug-likeness (QED) is 0.779. The van der Waals surface area contributed by atoms with Gasteiger partial charge in [-0.25, -0.2) is 4.79 Å². The van der Waals surface area contributed by atoms with Gasteiger partial charge in [-0.1, -0.05) is 6.07 Å². The molecule has 0 aliphatic carbocycles. The van der Waals surface area contributed by atoms with Crippen molar-refractivity contribution in [3.05, 3.63) is 29.3 Å². The normalized spacial score (nSPS) is 14.6. The number of aromatic carboxylic acids is 1. The van der Waals surface area contributed by atoms with Gasteiger partial charge in [0.15, 0.2) is 0 Å². The van der Waals surface area contributed by atoms with Crippen LogP contribution < -0.4 is 10.6 Å². The lowest BCUT2D eigenvalue weighted by Crippen LogP contribution is -2.43. The van der Waals surface area contributed by atoms with E-state index in [-0.39, 0.29) is 17.9 Å². The van der Waals surface area contributed by atoms with Gasteiger partial charge in [0.05, 0.1) is 11.6 Å². The molecule has 0 saturated heterocycles. The fourth-order valence-electron chi connectivity index (χ4n) is 2.16. The topological polar surface area (TPSA) is 83.6 Å². The average Bonchev–Trinajstić information content (AvgIpc) is 2.80. The van der Waals surface area contributed by atoms with Crippen molar-refractivity contribution in [1.29, 1.82) is 0 Å². The number of terminal acetylenes is 1. The number of fused-ring (bicyclic) bond motifs is 1. The minimum atomic E-state index is -1.02. The van der Waals surface area contributed by atoms with Gasteiger partial charge in [-0.15, -0.1) is 12.3 Å². The zero-order valence-corrected chi connectivity index (χ0v) is 10.3. The number of amides is 1. The predicted molar refractivity (Wildman–Crippen MR) is 70.9 cm³/mol. The summed E-state index contributed by atoms with van der Waals surface area (Å²) in [6, 6.07) is 4.03. The lowest BCUT2D eigenvalue weighted by Gasteiger charge is -2.20. The van der Waals surface area contributed by atoms with Gasteiger partial charge in [-0.2, -0.15) is 0 Å². The zero-order chi connectivity index (χ0) is 14.0. The van der Waals surface area contributed by atoms with Crippen LogP contribution in [-0.2, 0) is 11.2 Å². The second-order valence-corrected chi connectivity index (χ2v) is 4.40. The van der Waals surface area contributed by atoms with Crippen molar-refractivity contribution in [2.45, 2.75) is 18.9 Å². The van der Waals surface area contributed by atoms with Gasteiger partial charge in [-0.05, 0) is 24.1 Å². The predicted octanol–water partition coefficient (Wildman–Crippen LogP) is 0.624. The van der Waals surface area contributed by atoms with Crippen LogP contribution in [0.1, 0.15) is 22.3 Å². The first-order valence-electron chi connectivity index (χ1n) is 5.91. The van der Waals surface area contributed by atoms with Gasteiger partial charge < -0.3 is 15.7 Å². The van der Waals surface area contributed by atoms with Crippen LogP contribution in [0.5, 0.6) is 0 Å². The maximum Gasteiger partial charge on any atom is 0.335 e. The second kappa shape index (κ2) is 5.12. The molecule has 5 heteroatoms. The summed E-state index contributed by atoms with van der Waals surface area (Å²) in [5, 5.41) is 8.98. The van der Waals surface area contributed by atoms with E-state index in [0.29, 0.717) is 18.7 Å². The molecule has 98 valence electrons. The Kier molecular flexibility index (Phi) is 3.54. The molecular weight excluding hydrogens is 244 g/mol. The third-order valence-electron chi connectivity index (χ3n) is 3.15. The lowest BCUT2D eigenvalue weighted by molar-refractivity contribution is -0.119. The largest absolute Gasteiger partial charge is 0.478 e. The van der Waals surface area contributed by atoms with Crippen molar-refractivity contribution in [1.82, 2.24) is 0 Å². The van der Waals surface area contributed by atoms with E-state index in [4.69, 9.17) is 17.3 Å². The molecule has 1 heterocycles. The third kappa shape index (κ3) is 2.44. The highest BCUT2D eigenvalue weighted by Gasteiger charge is 2.28. The Labute approximate surface area is 111 Å². The lowest BCUT2D eigenvalue weighted by atomic mass is 10.1. The number of carbonyl (C=O) groups is 2. The standard InChI is InChI=1S/C14H14N2O3/c1-2-3-11(15)13(17)16-7-6-9-4-5-10(14(18)19)8-12(9)16/h1,4-5,8,11H,3,6-7,15H2,(H,18,19). The van der Waals surface area contributed by atoms with Crippen molar-refractivity contribution in [2.75, 3.05) is 11.4 Å². The first kappa shape index (κ1) is 13.1. The first-order chi connectivity index (χ1) is 9.04. The molecule has 0 spiro atoms. The minimum absolute atomic E-state index is 0.156. The smallest absolute Gasteiger partial charge is 0.335 e. The number of rotatable bonds is 3. The molecule has 0 fully saturated rings. The van der Waals surface area contributed by atoms with E-state index in [1.54, 1.807) is 6.07 Å². The Hall–Kier alpha value is -2.32. The highest BCUT2D eigenvalue weighted by Crippen LogP contribution is 2.29. The number of nitrogens with zero attached hydrogens (tertiary/aromatic N) is 1. The van der Waals surface area contributed by atoms with Crippen molar-refractivity contribution >= 4 is 17.6 Å². The first-order valence-corrected chi connectivity index (χ1v) is 5.91. The van der Waals surface area contributed by atoms with Crippen molar-refractivity contribution < 1.29 is 14.7 Å². The third-order valence-corrected chi connectivity index (χ3v) is 3.15. The second-order valence-electron chi connectivity index (χ2n) is 4.40. The molecule has 0 radical (unpaired) electrons. The maximum absolute atomic E-state index is 12.1. The summed E-state index contributed by atoms with van der Waals surface area (Å²) < 4.78 is 0. The van der Waals surface area contributed by atoms with E-state index in [1.165, 1.54) is 17.0 Å². The molecule has 1 aromatic carbocycles. The number of carbonyl (C=O) groups excluding carboxylic acids is 1. The van der Waals surface area contributed by atoms with E-state index in [1.807, 2.05) is 0 Å².